The first-order chi connectivity index (χ1) is 9.06. The highest BCUT2D eigenvalue weighted by Crippen LogP contribution is 2.17. The molecule has 98 valence electrons. The molecule has 0 amide bonds. The molecule has 2 heterocycles. The fourth-order valence-corrected chi connectivity index (χ4v) is 1.76. The molecule has 0 aliphatic rings. The maximum absolute atomic E-state index is 11.1. The van der Waals surface area contributed by atoms with Gasteiger partial charge in [0.25, 0.3) is 0 Å². The van der Waals surface area contributed by atoms with E-state index in [4.69, 9.17) is 16.7 Å². The fraction of sp³-hybridized carbons (Fsp3) is 0.154. The van der Waals surface area contributed by atoms with E-state index in [0.717, 1.165) is 11.4 Å². The van der Waals surface area contributed by atoms with Crippen LogP contribution in [0.5, 0.6) is 0 Å². The van der Waals surface area contributed by atoms with Gasteiger partial charge in [-0.25, -0.2) is 9.78 Å². The molecule has 2 aromatic rings. The molecule has 6 heteroatoms. The molecular formula is C13H12ClN3O2. The number of anilines is 1. The highest BCUT2D eigenvalue weighted by molar-refractivity contribution is 6.29. The first-order valence-electron chi connectivity index (χ1n) is 5.62. The van der Waals surface area contributed by atoms with Crippen molar-refractivity contribution in [3.8, 4) is 0 Å². The molecule has 0 saturated heterocycles. The summed E-state index contributed by atoms with van der Waals surface area (Å²) in [7, 11) is 0. The van der Waals surface area contributed by atoms with Gasteiger partial charge in [-0.3, -0.25) is 4.98 Å². The number of rotatable bonds is 4. The van der Waals surface area contributed by atoms with Crippen molar-refractivity contribution in [1.29, 1.82) is 0 Å². The molecule has 0 unspecified atom stereocenters. The van der Waals surface area contributed by atoms with E-state index in [-0.39, 0.29) is 16.5 Å². The summed E-state index contributed by atoms with van der Waals surface area (Å²) in [6.45, 7) is 2.28. The molecule has 0 radical (unpaired) electrons. The topological polar surface area (TPSA) is 75.1 Å². The van der Waals surface area contributed by atoms with Crippen LogP contribution < -0.4 is 5.32 Å². The number of carboxylic acid groups (broad SMARTS) is 1. The van der Waals surface area contributed by atoms with Crippen molar-refractivity contribution in [3.63, 3.8) is 0 Å². The van der Waals surface area contributed by atoms with Crippen molar-refractivity contribution < 1.29 is 9.90 Å². The number of nitrogens with one attached hydrogen (secondary N) is 1. The van der Waals surface area contributed by atoms with Gasteiger partial charge in [-0.05, 0) is 31.2 Å². The van der Waals surface area contributed by atoms with Crippen molar-refractivity contribution in [1.82, 2.24) is 9.97 Å². The van der Waals surface area contributed by atoms with E-state index in [9.17, 15) is 4.79 Å². The van der Waals surface area contributed by atoms with E-state index >= 15 is 0 Å². The predicted molar refractivity (Wildman–Crippen MR) is 72.5 cm³/mol. The lowest BCUT2D eigenvalue weighted by atomic mass is 10.2. The Labute approximate surface area is 115 Å². The van der Waals surface area contributed by atoms with Crippen LogP contribution in [0.15, 0.2) is 30.3 Å². The number of aromatic nitrogens is 2. The zero-order valence-electron chi connectivity index (χ0n) is 10.2. The molecule has 0 spiro atoms. The van der Waals surface area contributed by atoms with Gasteiger partial charge in [0.15, 0.2) is 0 Å². The molecule has 19 heavy (non-hydrogen) atoms. The van der Waals surface area contributed by atoms with E-state index in [2.05, 4.69) is 15.3 Å². The Balaban J connectivity index is 2.19. The van der Waals surface area contributed by atoms with Crippen molar-refractivity contribution in [2.24, 2.45) is 0 Å². The van der Waals surface area contributed by atoms with E-state index in [1.807, 2.05) is 25.1 Å². The number of pyridine rings is 2. The van der Waals surface area contributed by atoms with Crippen LogP contribution in [-0.2, 0) is 6.54 Å². The number of carboxylic acids is 1. The number of carbonyl (C=O) groups is 1. The van der Waals surface area contributed by atoms with E-state index in [1.165, 1.54) is 12.1 Å². The number of hydrogen-bond acceptors (Lipinski definition) is 4. The van der Waals surface area contributed by atoms with Gasteiger partial charge in [0.1, 0.15) is 16.5 Å². The van der Waals surface area contributed by atoms with Crippen molar-refractivity contribution in [3.05, 3.63) is 52.4 Å². The number of hydrogen-bond donors (Lipinski definition) is 2. The molecule has 0 saturated carbocycles. The highest BCUT2D eigenvalue weighted by Gasteiger charge is 2.11. The third-order valence-electron chi connectivity index (χ3n) is 2.47. The molecule has 0 bridgehead atoms. The molecule has 2 N–H and O–H groups in total. The van der Waals surface area contributed by atoms with Crippen molar-refractivity contribution >= 4 is 23.4 Å². The lowest BCUT2D eigenvalue weighted by Gasteiger charge is -2.08. The minimum atomic E-state index is -1.05. The monoisotopic (exact) mass is 277 g/mol. The zero-order chi connectivity index (χ0) is 13.8. The van der Waals surface area contributed by atoms with E-state index in [1.54, 1.807) is 0 Å². The average molecular weight is 278 g/mol. The second-order valence-electron chi connectivity index (χ2n) is 3.96. The predicted octanol–water partition coefficient (Wildman–Crippen LogP) is 2.75. The van der Waals surface area contributed by atoms with Crippen LogP contribution in [0, 0.1) is 6.92 Å². The molecular weight excluding hydrogens is 266 g/mol. The third-order valence-corrected chi connectivity index (χ3v) is 2.69. The van der Waals surface area contributed by atoms with Crippen molar-refractivity contribution in [2.75, 3.05) is 5.32 Å². The molecule has 0 aliphatic carbocycles. The summed E-state index contributed by atoms with van der Waals surface area (Å²) in [6.07, 6.45) is 0. The smallest absolute Gasteiger partial charge is 0.339 e. The Bertz CT molecular complexity index is 617. The van der Waals surface area contributed by atoms with Crippen molar-refractivity contribution in [2.45, 2.75) is 13.5 Å². The molecule has 0 atom stereocenters. The quantitative estimate of drug-likeness (QED) is 0.841. The Morgan fingerprint density at radius 2 is 2.11 bits per heavy atom. The Hall–Kier alpha value is -2.14. The van der Waals surface area contributed by atoms with E-state index < -0.39 is 5.97 Å². The SMILES string of the molecule is Cc1cccc(CNc2nc(Cl)ccc2C(=O)O)n1. The van der Waals surface area contributed by atoms with Gasteiger partial charge in [0.05, 0.1) is 12.2 Å². The summed E-state index contributed by atoms with van der Waals surface area (Å²) in [5.41, 5.74) is 1.78. The lowest BCUT2D eigenvalue weighted by Crippen LogP contribution is -2.09. The molecule has 0 aromatic carbocycles. The van der Waals surface area contributed by atoms with Gasteiger partial charge < -0.3 is 10.4 Å². The summed E-state index contributed by atoms with van der Waals surface area (Å²) >= 11 is 5.77. The molecule has 5 nitrogen and oxygen atoms in total. The summed E-state index contributed by atoms with van der Waals surface area (Å²) < 4.78 is 0. The van der Waals surface area contributed by atoms with Crippen LogP contribution in [0.2, 0.25) is 5.15 Å². The Kier molecular flexibility index (Phi) is 3.97. The molecule has 0 aliphatic heterocycles. The third kappa shape index (κ3) is 3.42. The molecule has 2 rings (SSSR count). The largest absolute Gasteiger partial charge is 0.478 e. The summed E-state index contributed by atoms with van der Waals surface area (Å²) in [5, 5.41) is 12.2. The Morgan fingerprint density at radius 1 is 1.32 bits per heavy atom. The number of halogens is 1. The van der Waals surface area contributed by atoms with Crippen LogP contribution >= 0.6 is 11.6 Å². The Morgan fingerprint density at radius 3 is 2.79 bits per heavy atom. The molecule has 2 aromatic heterocycles. The minimum Gasteiger partial charge on any atom is -0.478 e. The van der Waals surface area contributed by atoms with Crippen LogP contribution in [-0.4, -0.2) is 21.0 Å². The van der Waals surface area contributed by atoms with Gasteiger partial charge in [0.2, 0.25) is 0 Å². The number of aromatic carboxylic acids is 1. The standard InChI is InChI=1S/C13H12ClN3O2/c1-8-3-2-4-9(16-8)7-15-12-10(13(18)19)5-6-11(14)17-12/h2-6H,7H2,1H3,(H,15,17)(H,18,19). The van der Waals surface area contributed by atoms with Crippen LogP contribution in [0.1, 0.15) is 21.7 Å². The van der Waals surface area contributed by atoms with Crippen LogP contribution in [0.25, 0.3) is 0 Å². The average Bonchev–Trinajstić information content (AvgIpc) is 2.36. The summed E-state index contributed by atoms with van der Waals surface area (Å²) in [5.74, 6) is -0.813. The number of aryl methyl sites for hydroxylation is 1. The van der Waals surface area contributed by atoms with Gasteiger partial charge in [-0.1, -0.05) is 17.7 Å². The second kappa shape index (κ2) is 5.67. The second-order valence-corrected chi connectivity index (χ2v) is 4.35. The zero-order valence-corrected chi connectivity index (χ0v) is 11.0. The highest BCUT2D eigenvalue weighted by atomic mass is 35.5. The summed E-state index contributed by atoms with van der Waals surface area (Å²) in [4.78, 5) is 19.4. The normalized spacial score (nSPS) is 10.2. The van der Waals surface area contributed by atoms with Gasteiger partial charge in [-0.2, -0.15) is 0 Å². The summed E-state index contributed by atoms with van der Waals surface area (Å²) in [6, 6.07) is 8.50. The minimum absolute atomic E-state index is 0.0806. The number of nitrogens with zero attached hydrogens (tertiary/aromatic N) is 2. The van der Waals surface area contributed by atoms with E-state index in [0.29, 0.717) is 6.54 Å². The van der Waals surface area contributed by atoms with Gasteiger partial charge >= 0.3 is 5.97 Å². The maximum atomic E-state index is 11.1. The van der Waals surface area contributed by atoms with Crippen LogP contribution in [0.3, 0.4) is 0 Å². The van der Waals surface area contributed by atoms with Gasteiger partial charge in [-0.15, -0.1) is 0 Å². The van der Waals surface area contributed by atoms with Crippen LogP contribution in [0.4, 0.5) is 5.82 Å². The fourth-order valence-electron chi connectivity index (χ4n) is 1.61. The lowest BCUT2D eigenvalue weighted by molar-refractivity contribution is 0.0697. The van der Waals surface area contributed by atoms with Gasteiger partial charge in [0, 0.05) is 5.69 Å². The molecule has 0 fully saturated rings. The first-order valence-corrected chi connectivity index (χ1v) is 6.00. The maximum Gasteiger partial charge on any atom is 0.339 e. The first kappa shape index (κ1) is 13.3.